The Labute approximate surface area is 125 Å². The Kier molecular flexibility index (Phi) is 7.18. The van der Waals surface area contributed by atoms with Crippen LogP contribution in [0, 0.1) is 6.92 Å². The topological polar surface area (TPSA) is 58.6 Å². The summed E-state index contributed by atoms with van der Waals surface area (Å²) >= 11 is 0. The minimum Gasteiger partial charge on any atom is -0.465 e. The molecule has 0 bridgehead atoms. The Hall–Kier alpha value is -2.14. The molecule has 1 N–H and O–H groups in total. The number of rotatable bonds is 8. The van der Waals surface area contributed by atoms with E-state index in [4.69, 9.17) is 4.74 Å². The van der Waals surface area contributed by atoms with E-state index in [0.717, 1.165) is 11.3 Å². The smallest absolute Gasteiger partial charge is 0.320 e. The summed E-state index contributed by atoms with van der Waals surface area (Å²) in [6.07, 6.45) is 1.65. The summed E-state index contributed by atoms with van der Waals surface area (Å²) in [5.74, 6) is -0.519. The molecule has 0 saturated carbocycles. The second kappa shape index (κ2) is 8.92. The molecular weight excluding hydrogens is 268 g/mol. The molecule has 0 unspecified atom stereocenters. The Morgan fingerprint density at radius 2 is 2.14 bits per heavy atom. The van der Waals surface area contributed by atoms with E-state index in [9.17, 15) is 9.59 Å². The Morgan fingerprint density at radius 1 is 1.38 bits per heavy atom. The molecule has 0 heterocycles. The first-order valence-electron chi connectivity index (χ1n) is 6.90. The maximum Gasteiger partial charge on any atom is 0.320 e. The van der Waals surface area contributed by atoms with E-state index in [1.807, 2.05) is 31.2 Å². The van der Waals surface area contributed by atoms with Crippen molar-refractivity contribution in [2.24, 2.45) is 0 Å². The van der Waals surface area contributed by atoms with E-state index < -0.39 is 0 Å². The number of esters is 1. The Bertz CT molecular complexity index is 500. The molecule has 1 rings (SSSR count). The van der Waals surface area contributed by atoms with Gasteiger partial charge in [0.05, 0.1) is 19.7 Å². The van der Waals surface area contributed by atoms with Gasteiger partial charge in [-0.1, -0.05) is 18.2 Å². The molecule has 114 valence electrons. The molecule has 0 aliphatic rings. The van der Waals surface area contributed by atoms with Crippen molar-refractivity contribution in [1.82, 2.24) is 4.90 Å². The summed E-state index contributed by atoms with van der Waals surface area (Å²) in [6, 6.07) is 7.56. The highest BCUT2D eigenvalue weighted by Gasteiger charge is 2.14. The number of carbonyl (C=O) groups excluding carboxylic acids is 2. The highest BCUT2D eigenvalue weighted by atomic mass is 16.5. The van der Waals surface area contributed by atoms with E-state index in [1.165, 1.54) is 0 Å². The van der Waals surface area contributed by atoms with Crippen molar-refractivity contribution in [3.63, 3.8) is 0 Å². The SMILES string of the molecule is C=CCN(CC(=O)Nc1cccc(C)c1)CC(=O)OCC. The summed E-state index contributed by atoms with van der Waals surface area (Å²) < 4.78 is 4.89. The molecule has 1 aromatic carbocycles. The summed E-state index contributed by atoms with van der Waals surface area (Å²) in [5.41, 5.74) is 1.82. The summed E-state index contributed by atoms with van der Waals surface area (Å²) in [6.45, 7) is 8.29. The van der Waals surface area contributed by atoms with Gasteiger partial charge >= 0.3 is 5.97 Å². The van der Waals surface area contributed by atoms with Crippen molar-refractivity contribution in [3.8, 4) is 0 Å². The predicted octanol–water partition coefficient (Wildman–Crippen LogP) is 1.98. The number of hydrogen-bond donors (Lipinski definition) is 1. The van der Waals surface area contributed by atoms with Crippen molar-refractivity contribution in [2.45, 2.75) is 13.8 Å². The fourth-order valence-electron chi connectivity index (χ4n) is 1.88. The number of ether oxygens (including phenoxy) is 1. The maximum atomic E-state index is 12.0. The number of nitrogens with one attached hydrogen (secondary N) is 1. The molecule has 0 aliphatic carbocycles. The van der Waals surface area contributed by atoms with Gasteiger partial charge in [-0.3, -0.25) is 14.5 Å². The van der Waals surface area contributed by atoms with Crippen LogP contribution in [-0.2, 0) is 14.3 Å². The first kappa shape index (κ1) is 16.9. The zero-order chi connectivity index (χ0) is 15.7. The Morgan fingerprint density at radius 3 is 2.76 bits per heavy atom. The summed E-state index contributed by atoms with van der Waals surface area (Å²) in [5, 5.41) is 2.81. The fraction of sp³-hybridized carbons (Fsp3) is 0.375. The summed E-state index contributed by atoms with van der Waals surface area (Å²) in [4.78, 5) is 25.2. The molecule has 0 spiro atoms. The lowest BCUT2D eigenvalue weighted by molar-refractivity contribution is -0.144. The van der Waals surface area contributed by atoms with Crippen molar-refractivity contribution in [3.05, 3.63) is 42.5 Å². The van der Waals surface area contributed by atoms with Crippen LogP contribution in [0.15, 0.2) is 36.9 Å². The molecule has 0 aromatic heterocycles. The van der Waals surface area contributed by atoms with Gasteiger partial charge in [-0.05, 0) is 31.5 Å². The van der Waals surface area contributed by atoms with E-state index in [0.29, 0.717) is 13.2 Å². The van der Waals surface area contributed by atoms with Gasteiger partial charge < -0.3 is 10.1 Å². The van der Waals surface area contributed by atoms with Crippen molar-refractivity contribution in [1.29, 1.82) is 0 Å². The van der Waals surface area contributed by atoms with Crippen LogP contribution in [0.4, 0.5) is 5.69 Å². The molecule has 0 saturated heterocycles. The van der Waals surface area contributed by atoms with E-state index in [-0.39, 0.29) is 25.0 Å². The van der Waals surface area contributed by atoms with Gasteiger partial charge in [0.25, 0.3) is 0 Å². The maximum absolute atomic E-state index is 12.0. The molecule has 0 radical (unpaired) electrons. The number of hydrogen-bond acceptors (Lipinski definition) is 4. The van der Waals surface area contributed by atoms with E-state index >= 15 is 0 Å². The molecule has 5 nitrogen and oxygen atoms in total. The zero-order valence-electron chi connectivity index (χ0n) is 12.6. The zero-order valence-corrected chi connectivity index (χ0v) is 12.6. The van der Waals surface area contributed by atoms with Crippen molar-refractivity contribution >= 4 is 17.6 Å². The van der Waals surface area contributed by atoms with Crippen LogP contribution in [0.3, 0.4) is 0 Å². The van der Waals surface area contributed by atoms with Gasteiger partial charge in [-0.15, -0.1) is 6.58 Å². The van der Waals surface area contributed by atoms with Crippen molar-refractivity contribution < 1.29 is 14.3 Å². The van der Waals surface area contributed by atoms with Crippen LogP contribution in [0.5, 0.6) is 0 Å². The van der Waals surface area contributed by atoms with Gasteiger partial charge in [0.1, 0.15) is 0 Å². The molecule has 21 heavy (non-hydrogen) atoms. The first-order valence-corrected chi connectivity index (χ1v) is 6.90. The van der Waals surface area contributed by atoms with Gasteiger partial charge in [0.15, 0.2) is 0 Å². The molecule has 5 heteroatoms. The van der Waals surface area contributed by atoms with Crippen LogP contribution in [0.2, 0.25) is 0 Å². The molecular formula is C16H22N2O3. The number of aryl methyl sites for hydroxylation is 1. The quantitative estimate of drug-likeness (QED) is 0.587. The van der Waals surface area contributed by atoms with E-state index in [2.05, 4.69) is 11.9 Å². The third kappa shape index (κ3) is 6.72. The lowest BCUT2D eigenvalue weighted by Crippen LogP contribution is -2.37. The predicted molar refractivity (Wildman–Crippen MR) is 83.1 cm³/mol. The molecule has 1 aromatic rings. The van der Waals surface area contributed by atoms with Gasteiger partial charge in [-0.25, -0.2) is 0 Å². The van der Waals surface area contributed by atoms with Gasteiger partial charge in [0, 0.05) is 12.2 Å². The minimum atomic E-state index is -0.345. The normalized spacial score (nSPS) is 10.2. The molecule has 0 aliphatic heterocycles. The van der Waals surface area contributed by atoms with Crippen LogP contribution >= 0.6 is 0 Å². The number of amides is 1. The number of benzene rings is 1. The largest absolute Gasteiger partial charge is 0.465 e. The number of nitrogens with zero attached hydrogens (tertiary/aromatic N) is 1. The third-order valence-electron chi connectivity index (χ3n) is 2.71. The highest BCUT2D eigenvalue weighted by molar-refractivity contribution is 5.92. The van der Waals surface area contributed by atoms with Gasteiger partial charge in [-0.2, -0.15) is 0 Å². The second-order valence-electron chi connectivity index (χ2n) is 4.68. The monoisotopic (exact) mass is 290 g/mol. The second-order valence-corrected chi connectivity index (χ2v) is 4.68. The van der Waals surface area contributed by atoms with Crippen molar-refractivity contribution in [2.75, 3.05) is 31.6 Å². The third-order valence-corrected chi connectivity index (χ3v) is 2.71. The van der Waals surface area contributed by atoms with Crippen LogP contribution in [0.25, 0.3) is 0 Å². The minimum absolute atomic E-state index is 0.0705. The lowest BCUT2D eigenvalue weighted by Gasteiger charge is -2.19. The van der Waals surface area contributed by atoms with Crippen LogP contribution < -0.4 is 5.32 Å². The van der Waals surface area contributed by atoms with Gasteiger partial charge in [0.2, 0.25) is 5.91 Å². The average molecular weight is 290 g/mol. The standard InChI is InChI=1S/C16H22N2O3/c1-4-9-18(12-16(20)21-5-2)11-15(19)17-14-8-6-7-13(3)10-14/h4,6-8,10H,1,5,9,11-12H2,2-3H3,(H,17,19). The number of carbonyl (C=O) groups is 2. The molecule has 0 fully saturated rings. The van der Waals surface area contributed by atoms with Crippen LogP contribution in [0.1, 0.15) is 12.5 Å². The lowest BCUT2D eigenvalue weighted by atomic mass is 10.2. The average Bonchev–Trinajstić information content (AvgIpc) is 2.38. The number of anilines is 1. The molecule has 1 amide bonds. The van der Waals surface area contributed by atoms with Crippen LogP contribution in [-0.4, -0.2) is 43.0 Å². The molecule has 0 atom stereocenters. The van der Waals surface area contributed by atoms with E-state index in [1.54, 1.807) is 17.9 Å². The fourth-order valence-corrected chi connectivity index (χ4v) is 1.88. The highest BCUT2D eigenvalue weighted by Crippen LogP contribution is 2.09. The Balaban J connectivity index is 2.55. The first-order chi connectivity index (χ1) is 10.0. The summed E-state index contributed by atoms with van der Waals surface area (Å²) in [7, 11) is 0.